The third kappa shape index (κ3) is 1.58. The molecule has 0 aromatic carbocycles. The van der Waals surface area contributed by atoms with Gasteiger partial charge in [0, 0.05) is 12.1 Å². The minimum Gasteiger partial charge on any atom is -0.334 e. The molecule has 1 saturated heterocycles. The Hall–Kier alpha value is 0.350. The Balaban J connectivity index is 1.94. The fraction of sp³-hybridized carbons (Fsp3) is 1.00. The van der Waals surface area contributed by atoms with E-state index < -0.39 is 8.38 Å². The topological polar surface area (TPSA) is 18.5 Å². The summed E-state index contributed by atoms with van der Waals surface area (Å²) >= 11 is 0. The van der Waals surface area contributed by atoms with Crippen LogP contribution in [0.25, 0.3) is 0 Å². The van der Waals surface area contributed by atoms with Crippen molar-refractivity contribution >= 4 is 8.38 Å². The molecule has 0 atom stereocenters. The summed E-state index contributed by atoms with van der Waals surface area (Å²) in [7, 11) is -0.534. The maximum Gasteiger partial charge on any atom is 0.167 e. The summed E-state index contributed by atoms with van der Waals surface area (Å²) in [5.74, 6) is 0. The summed E-state index contributed by atoms with van der Waals surface area (Å²) in [4.78, 5) is 0. The Kier molecular flexibility index (Phi) is 2.18. The minimum atomic E-state index is -0.534. The summed E-state index contributed by atoms with van der Waals surface area (Å²) in [6.45, 7) is 3.95. The van der Waals surface area contributed by atoms with Crippen molar-refractivity contribution < 1.29 is 9.05 Å². The van der Waals surface area contributed by atoms with Crippen molar-refractivity contribution in [3.63, 3.8) is 0 Å². The van der Waals surface area contributed by atoms with Crippen LogP contribution in [0.2, 0.25) is 0 Å². The van der Waals surface area contributed by atoms with E-state index in [9.17, 15) is 0 Å². The van der Waals surface area contributed by atoms with Crippen LogP contribution in [-0.4, -0.2) is 19.9 Å². The fourth-order valence-corrected chi connectivity index (χ4v) is 2.93. The molecule has 0 amide bonds. The van der Waals surface area contributed by atoms with Crippen molar-refractivity contribution in [2.45, 2.75) is 25.7 Å². The molecule has 11 heavy (non-hydrogen) atoms. The van der Waals surface area contributed by atoms with Crippen molar-refractivity contribution in [1.29, 1.82) is 0 Å². The fourth-order valence-electron chi connectivity index (χ4n) is 1.95. The van der Waals surface area contributed by atoms with Crippen LogP contribution in [-0.2, 0) is 9.05 Å². The maximum atomic E-state index is 5.56. The molecular formula is C8H15O2P. The van der Waals surface area contributed by atoms with Gasteiger partial charge in [-0.15, -0.1) is 0 Å². The SMILES string of the molecule is CP1OCC2(CCCC2)CO1. The van der Waals surface area contributed by atoms with E-state index >= 15 is 0 Å². The Bertz CT molecular complexity index is 133. The number of hydrogen-bond acceptors (Lipinski definition) is 2. The average Bonchev–Trinajstić information content (AvgIpc) is 2.45. The van der Waals surface area contributed by atoms with Gasteiger partial charge in [0.25, 0.3) is 0 Å². The van der Waals surface area contributed by atoms with Gasteiger partial charge in [-0.1, -0.05) is 12.8 Å². The predicted molar refractivity (Wildman–Crippen MR) is 45.6 cm³/mol. The molecule has 2 rings (SSSR count). The molecular weight excluding hydrogens is 159 g/mol. The molecule has 2 nitrogen and oxygen atoms in total. The van der Waals surface area contributed by atoms with Crippen molar-refractivity contribution in [2.24, 2.45) is 5.41 Å². The van der Waals surface area contributed by atoms with Gasteiger partial charge in [-0.05, 0) is 12.8 Å². The average molecular weight is 174 g/mol. The molecule has 0 bridgehead atoms. The van der Waals surface area contributed by atoms with Gasteiger partial charge in [0.05, 0.1) is 13.2 Å². The standard InChI is InChI=1S/C8H15O2P/c1-11-9-6-8(7-10-11)4-2-3-5-8/h2-7H2,1H3. The van der Waals surface area contributed by atoms with Crippen LogP contribution in [0.15, 0.2) is 0 Å². The molecule has 64 valence electrons. The van der Waals surface area contributed by atoms with Gasteiger partial charge in [0.1, 0.15) is 0 Å². The highest BCUT2D eigenvalue weighted by Gasteiger charge is 2.38. The molecule has 1 aliphatic carbocycles. The van der Waals surface area contributed by atoms with E-state index in [2.05, 4.69) is 0 Å². The molecule has 3 heteroatoms. The maximum absolute atomic E-state index is 5.56. The molecule has 1 aliphatic heterocycles. The molecule has 0 radical (unpaired) electrons. The second kappa shape index (κ2) is 3.01. The van der Waals surface area contributed by atoms with Gasteiger partial charge in [0.2, 0.25) is 0 Å². The molecule has 1 saturated carbocycles. The summed E-state index contributed by atoms with van der Waals surface area (Å²) in [6, 6.07) is 0. The quantitative estimate of drug-likeness (QED) is 0.525. The second-order valence-electron chi connectivity index (χ2n) is 3.69. The monoisotopic (exact) mass is 174 g/mol. The van der Waals surface area contributed by atoms with Gasteiger partial charge in [-0.3, -0.25) is 0 Å². The molecule has 0 N–H and O–H groups in total. The van der Waals surface area contributed by atoms with Crippen LogP contribution in [0.5, 0.6) is 0 Å². The van der Waals surface area contributed by atoms with Crippen LogP contribution in [0, 0.1) is 5.41 Å². The van der Waals surface area contributed by atoms with E-state index in [4.69, 9.17) is 9.05 Å². The predicted octanol–water partition coefficient (Wildman–Crippen LogP) is 2.54. The largest absolute Gasteiger partial charge is 0.334 e. The zero-order chi connectivity index (χ0) is 7.73. The molecule has 1 spiro atoms. The first-order valence-electron chi connectivity index (χ1n) is 4.30. The lowest BCUT2D eigenvalue weighted by Crippen LogP contribution is -2.31. The van der Waals surface area contributed by atoms with Crippen molar-refractivity contribution in [1.82, 2.24) is 0 Å². The number of rotatable bonds is 0. The highest BCUT2D eigenvalue weighted by molar-refractivity contribution is 7.46. The van der Waals surface area contributed by atoms with Crippen molar-refractivity contribution in [3.05, 3.63) is 0 Å². The lowest BCUT2D eigenvalue weighted by Gasteiger charge is -2.35. The van der Waals surface area contributed by atoms with Crippen LogP contribution < -0.4 is 0 Å². The molecule has 0 aromatic rings. The first kappa shape index (κ1) is 7.97. The lowest BCUT2D eigenvalue weighted by atomic mass is 9.89. The van der Waals surface area contributed by atoms with Gasteiger partial charge in [-0.2, -0.15) is 0 Å². The normalized spacial score (nSPS) is 31.4. The smallest absolute Gasteiger partial charge is 0.167 e. The van der Waals surface area contributed by atoms with Gasteiger partial charge >= 0.3 is 0 Å². The van der Waals surface area contributed by atoms with E-state index in [-0.39, 0.29) is 0 Å². The van der Waals surface area contributed by atoms with E-state index in [0.29, 0.717) is 5.41 Å². The zero-order valence-corrected chi connectivity index (χ0v) is 7.90. The zero-order valence-electron chi connectivity index (χ0n) is 7.01. The molecule has 1 heterocycles. The summed E-state index contributed by atoms with van der Waals surface area (Å²) in [5.41, 5.74) is 0.425. The first-order chi connectivity index (χ1) is 5.31. The van der Waals surface area contributed by atoms with Crippen LogP contribution in [0.1, 0.15) is 25.7 Å². The highest BCUT2D eigenvalue weighted by atomic mass is 31.2. The Labute approximate surface area is 69.2 Å². The molecule has 2 fully saturated rings. The van der Waals surface area contributed by atoms with Crippen LogP contribution >= 0.6 is 8.38 Å². The summed E-state index contributed by atoms with van der Waals surface area (Å²) in [5, 5.41) is 0. The molecule has 2 aliphatic rings. The third-order valence-corrected chi connectivity index (χ3v) is 3.75. The minimum absolute atomic E-state index is 0.425. The number of hydrogen-bond donors (Lipinski definition) is 0. The van der Waals surface area contributed by atoms with E-state index in [0.717, 1.165) is 13.2 Å². The Morgan fingerprint density at radius 1 is 1.09 bits per heavy atom. The Morgan fingerprint density at radius 2 is 1.64 bits per heavy atom. The highest BCUT2D eigenvalue weighted by Crippen LogP contribution is 2.49. The lowest BCUT2D eigenvalue weighted by molar-refractivity contribution is 0.0411. The first-order valence-corrected chi connectivity index (χ1v) is 5.93. The van der Waals surface area contributed by atoms with E-state index in [1.165, 1.54) is 25.7 Å². The van der Waals surface area contributed by atoms with E-state index in [1.54, 1.807) is 0 Å². The summed E-state index contributed by atoms with van der Waals surface area (Å²) < 4.78 is 11.1. The van der Waals surface area contributed by atoms with Gasteiger partial charge in [0.15, 0.2) is 8.38 Å². The summed E-state index contributed by atoms with van der Waals surface area (Å²) in [6.07, 6.45) is 5.37. The molecule has 0 aromatic heterocycles. The third-order valence-electron chi connectivity index (χ3n) is 2.77. The van der Waals surface area contributed by atoms with Gasteiger partial charge in [-0.25, -0.2) is 0 Å². The van der Waals surface area contributed by atoms with E-state index in [1.807, 2.05) is 6.66 Å². The molecule has 0 unspecified atom stereocenters. The Morgan fingerprint density at radius 3 is 2.18 bits per heavy atom. The van der Waals surface area contributed by atoms with Crippen molar-refractivity contribution in [2.75, 3.05) is 19.9 Å². The van der Waals surface area contributed by atoms with Crippen LogP contribution in [0.3, 0.4) is 0 Å². The van der Waals surface area contributed by atoms with Gasteiger partial charge < -0.3 is 9.05 Å². The van der Waals surface area contributed by atoms with Crippen molar-refractivity contribution in [3.8, 4) is 0 Å². The second-order valence-corrected chi connectivity index (χ2v) is 5.09. The van der Waals surface area contributed by atoms with Crippen LogP contribution in [0.4, 0.5) is 0 Å².